The molecule has 0 atom stereocenters. The summed E-state index contributed by atoms with van der Waals surface area (Å²) in [6, 6.07) is 3.46. The summed E-state index contributed by atoms with van der Waals surface area (Å²) in [6.45, 7) is 0. The van der Waals surface area contributed by atoms with E-state index in [-0.39, 0.29) is 9.52 Å². The van der Waals surface area contributed by atoms with Crippen molar-refractivity contribution in [2.45, 2.75) is 3.74 Å². The van der Waals surface area contributed by atoms with Crippen molar-refractivity contribution in [3.8, 4) is 0 Å². The first-order chi connectivity index (χ1) is 5.22. The van der Waals surface area contributed by atoms with Gasteiger partial charge in [0.15, 0.2) is 5.78 Å². The average molecular weight is 279 g/mol. The second-order valence-corrected chi connectivity index (χ2v) is 4.97. The van der Waals surface area contributed by atoms with Crippen LogP contribution in [0.25, 0.3) is 0 Å². The number of hydrogen-bond acceptors (Lipinski definition) is 2. The normalized spacial score (nSPS) is 10.1. The smallest absolute Gasteiger partial charge is 0.188 e. The van der Waals surface area contributed by atoms with Crippen LogP contribution in [0.2, 0.25) is 0 Å². The van der Waals surface area contributed by atoms with Crippen LogP contribution in [0, 0.1) is 0 Å². The highest BCUT2D eigenvalue weighted by atomic mass is 79.9. The zero-order valence-electron chi connectivity index (χ0n) is 5.50. The van der Waals surface area contributed by atoms with Crippen LogP contribution in [0.1, 0.15) is 10.4 Å². The Balaban J connectivity index is 2.86. The maximum Gasteiger partial charge on any atom is 0.188 e. The quantitative estimate of drug-likeness (QED) is 0.614. The fourth-order valence-electron chi connectivity index (χ4n) is 0.635. The van der Waals surface area contributed by atoms with E-state index >= 15 is 0 Å². The molecule has 0 fully saturated rings. The van der Waals surface area contributed by atoms with E-state index in [0.717, 1.165) is 0 Å². The fraction of sp³-hybridized carbons (Fsp3) is 0.143. The average Bonchev–Trinajstić information content (AvgIpc) is 2.05. The first-order valence-electron chi connectivity index (χ1n) is 2.94. The molecule has 2 nitrogen and oxygen atoms in total. The Hall–Kier alpha value is -0.220. The number of Topliss-reactive ketones (excluding diaryl/α,β-unsaturated/α-hetero) is 1. The fourth-order valence-corrected chi connectivity index (χ4v) is 1.16. The second kappa shape index (κ2) is 3.97. The van der Waals surface area contributed by atoms with E-state index < -0.39 is 0 Å². The third-order valence-electron chi connectivity index (χ3n) is 1.14. The summed E-state index contributed by atoms with van der Waals surface area (Å²) in [7, 11) is 0. The summed E-state index contributed by atoms with van der Waals surface area (Å²) < 4.78 is -0.320. The molecule has 1 rings (SSSR count). The van der Waals surface area contributed by atoms with Gasteiger partial charge in [-0.05, 0) is 12.1 Å². The molecular weight excluding hydrogens is 274 g/mol. The largest absolute Gasteiger partial charge is 0.292 e. The van der Waals surface area contributed by atoms with Crippen LogP contribution in [0.15, 0.2) is 24.5 Å². The minimum absolute atomic E-state index is 0.0156. The third-order valence-corrected chi connectivity index (χ3v) is 1.98. The van der Waals surface area contributed by atoms with E-state index in [1.54, 1.807) is 18.3 Å². The van der Waals surface area contributed by atoms with E-state index in [0.29, 0.717) is 5.56 Å². The Kier molecular flexibility index (Phi) is 3.20. The number of pyridine rings is 1. The Morgan fingerprint density at radius 2 is 2.27 bits per heavy atom. The van der Waals surface area contributed by atoms with Gasteiger partial charge in [0.05, 0.1) is 0 Å². The molecule has 58 valence electrons. The van der Waals surface area contributed by atoms with Crippen molar-refractivity contribution < 1.29 is 4.79 Å². The molecule has 0 N–H and O–H groups in total. The number of carbonyl (C=O) groups excluding carboxylic acids is 1. The molecule has 11 heavy (non-hydrogen) atoms. The Morgan fingerprint density at radius 1 is 1.55 bits per heavy atom. The maximum atomic E-state index is 11.2. The van der Waals surface area contributed by atoms with Gasteiger partial charge < -0.3 is 0 Å². The van der Waals surface area contributed by atoms with Gasteiger partial charge in [0, 0.05) is 18.0 Å². The maximum absolute atomic E-state index is 11.2. The number of rotatable bonds is 2. The van der Waals surface area contributed by atoms with Crippen LogP contribution >= 0.6 is 31.9 Å². The molecule has 0 saturated heterocycles. The minimum atomic E-state index is -0.320. The van der Waals surface area contributed by atoms with Crippen LogP contribution in [0.4, 0.5) is 0 Å². The summed E-state index contributed by atoms with van der Waals surface area (Å²) >= 11 is 6.23. The van der Waals surface area contributed by atoms with Crippen molar-refractivity contribution in [2.75, 3.05) is 0 Å². The zero-order chi connectivity index (χ0) is 8.27. The summed E-state index contributed by atoms with van der Waals surface area (Å²) in [6.07, 6.45) is 3.17. The number of nitrogens with zero attached hydrogens (tertiary/aromatic N) is 1. The van der Waals surface area contributed by atoms with E-state index in [2.05, 4.69) is 36.8 Å². The highest BCUT2D eigenvalue weighted by Crippen LogP contribution is 2.14. The predicted molar refractivity (Wildman–Crippen MR) is 50.2 cm³/mol. The highest BCUT2D eigenvalue weighted by Gasteiger charge is 2.12. The van der Waals surface area contributed by atoms with E-state index in [1.807, 2.05) is 0 Å². The van der Waals surface area contributed by atoms with Crippen molar-refractivity contribution in [1.82, 2.24) is 4.98 Å². The molecule has 1 aromatic rings. The molecule has 0 unspecified atom stereocenters. The van der Waals surface area contributed by atoms with Crippen LogP contribution in [0.5, 0.6) is 0 Å². The van der Waals surface area contributed by atoms with Crippen molar-refractivity contribution in [3.05, 3.63) is 30.1 Å². The number of hydrogen-bond donors (Lipinski definition) is 0. The number of alkyl halides is 2. The Labute approximate surface area is 81.3 Å². The van der Waals surface area contributed by atoms with Gasteiger partial charge in [-0.15, -0.1) is 0 Å². The Morgan fingerprint density at radius 3 is 2.73 bits per heavy atom. The van der Waals surface area contributed by atoms with E-state index in [9.17, 15) is 4.79 Å². The second-order valence-electron chi connectivity index (χ2n) is 1.91. The molecule has 0 saturated carbocycles. The molecule has 0 radical (unpaired) electrons. The first-order valence-corrected chi connectivity index (χ1v) is 4.77. The van der Waals surface area contributed by atoms with Crippen molar-refractivity contribution in [3.63, 3.8) is 0 Å². The third kappa shape index (κ3) is 2.38. The molecule has 0 aliphatic carbocycles. The van der Waals surface area contributed by atoms with Crippen LogP contribution < -0.4 is 0 Å². The molecule has 0 aliphatic heterocycles. The molecule has 1 aromatic heterocycles. The van der Waals surface area contributed by atoms with Crippen LogP contribution in [-0.4, -0.2) is 14.5 Å². The lowest BCUT2D eigenvalue weighted by Crippen LogP contribution is -2.06. The molecule has 1 heterocycles. The topological polar surface area (TPSA) is 30.0 Å². The van der Waals surface area contributed by atoms with E-state index in [1.165, 1.54) is 6.20 Å². The van der Waals surface area contributed by atoms with Crippen LogP contribution in [-0.2, 0) is 0 Å². The number of halogens is 2. The van der Waals surface area contributed by atoms with Gasteiger partial charge in [-0.3, -0.25) is 9.78 Å². The van der Waals surface area contributed by atoms with Gasteiger partial charge >= 0.3 is 0 Å². The van der Waals surface area contributed by atoms with Gasteiger partial charge in [0.2, 0.25) is 0 Å². The summed E-state index contributed by atoms with van der Waals surface area (Å²) in [5.41, 5.74) is 0.603. The van der Waals surface area contributed by atoms with Gasteiger partial charge in [0.1, 0.15) is 3.74 Å². The first kappa shape index (κ1) is 8.87. The molecule has 0 spiro atoms. The van der Waals surface area contributed by atoms with Gasteiger partial charge in [0.25, 0.3) is 0 Å². The van der Waals surface area contributed by atoms with Crippen molar-refractivity contribution in [1.29, 1.82) is 0 Å². The highest BCUT2D eigenvalue weighted by molar-refractivity contribution is 9.25. The molecule has 0 aliphatic rings. The summed E-state index contributed by atoms with van der Waals surface area (Å²) in [5.74, 6) is -0.0156. The van der Waals surface area contributed by atoms with E-state index in [4.69, 9.17) is 0 Å². The number of ketones is 1. The molecule has 0 aromatic carbocycles. The molecule has 0 amide bonds. The number of aromatic nitrogens is 1. The lowest BCUT2D eigenvalue weighted by Gasteiger charge is -1.98. The zero-order valence-corrected chi connectivity index (χ0v) is 8.67. The van der Waals surface area contributed by atoms with Gasteiger partial charge in [-0.1, -0.05) is 31.9 Å². The molecule has 4 heteroatoms. The van der Waals surface area contributed by atoms with Gasteiger partial charge in [-0.2, -0.15) is 0 Å². The summed E-state index contributed by atoms with van der Waals surface area (Å²) in [5, 5.41) is 0. The molecule has 0 bridgehead atoms. The standard InChI is InChI=1S/C7H5Br2NO/c8-7(9)6(11)5-2-1-3-10-4-5/h1-4,7H. The summed E-state index contributed by atoms with van der Waals surface area (Å²) in [4.78, 5) is 15.0. The SMILES string of the molecule is O=C(c1cccnc1)C(Br)Br. The van der Waals surface area contributed by atoms with Gasteiger partial charge in [-0.25, -0.2) is 0 Å². The molecular formula is C7H5Br2NO. The monoisotopic (exact) mass is 277 g/mol. The van der Waals surface area contributed by atoms with Crippen LogP contribution in [0.3, 0.4) is 0 Å². The van der Waals surface area contributed by atoms with Crippen molar-refractivity contribution >= 4 is 37.6 Å². The number of carbonyl (C=O) groups is 1. The Bertz CT molecular complexity index is 248. The lowest BCUT2D eigenvalue weighted by molar-refractivity contribution is 0.101. The van der Waals surface area contributed by atoms with Crippen molar-refractivity contribution in [2.24, 2.45) is 0 Å². The lowest BCUT2D eigenvalue weighted by atomic mass is 10.2. The predicted octanol–water partition coefficient (Wildman–Crippen LogP) is 2.38. The minimum Gasteiger partial charge on any atom is -0.292 e.